The van der Waals surface area contributed by atoms with Crippen molar-refractivity contribution in [1.82, 2.24) is 5.32 Å². The first-order valence-electron chi connectivity index (χ1n) is 4.56. The number of amides is 2. The van der Waals surface area contributed by atoms with Crippen LogP contribution in [-0.4, -0.2) is 17.1 Å². The maximum atomic E-state index is 11.3. The summed E-state index contributed by atoms with van der Waals surface area (Å²) >= 11 is 0. The van der Waals surface area contributed by atoms with E-state index in [1.807, 2.05) is 19.1 Å². The van der Waals surface area contributed by atoms with E-state index in [2.05, 4.69) is 17.2 Å². The van der Waals surface area contributed by atoms with Gasteiger partial charge in [0.1, 0.15) is 5.70 Å². The number of carbonyl (C=O) groups is 2. The second-order valence-corrected chi connectivity index (χ2v) is 3.23. The van der Waals surface area contributed by atoms with E-state index in [1.54, 1.807) is 12.1 Å². The minimum atomic E-state index is -1.26. The van der Waals surface area contributed by atoms with Gasteiger partial charge in [0, 0.05) is 5.69 Å². The summed E-state index contributed by atoms with van der Waals surface area (Å²) in [5, 5.41) is 13.1. The Kier molecular flexibility index (Phi) is 3.66. The normalized spacial score (nSPS) is 9.31. The molecule has 0 fully saturated rings. The number of nitrogens with one attached hydrogen (secondary N) is 2. The molecule has 3 N–H and O–H groups in total. The molecule has 1 rings (SSSR count). The van der Waals surface area contributed by atoms with E-state index < -0.39 is 12.0 Å². The number of urea groups is 1. The number of carboxylic acids is 1. The van der Waals surface area contributed by atoms with Gasteiger partial charge in [0.05, 0.1) is 0 Å². The van der Waals surface area contributed by atoms with Gasteiger partial charge in [-0.25, -0.2) is 9.59 Å². The van der Waals surface area contributed by atoms with Gasteiger partial charge in [0.25, 0.3) is 0 Å². The lowest BCUT2D eigenvalue weighted by Gasteiger charge is -2.07. The van der Waals surface area contributed by atoms with Crippen LogP contribution in [0, 0.1) is 6.92 Å². The van der Waals surface area contributed by atoms with E-state index in [-0.39, 0.29) is 5.70 Å². The first-order chi connectivity index (χ1) is 7.49. The highest BCUT2D eigenvalue weighted by Crippen LogP contribution is 2.08. The topological polar surface area (TPSA) is 78.4 Å². The van der Waals surface area contributed by atoms with Crippen molar-refractivity contribution in [3.05, 3.63) is 42.1 Å². The molecule has 0 unspecified atom stereocenters. The molecular formula is C11H12N2O3. The summed E-state index contributed by atoms with van der Waals surface area (Å²) in [7, 11) is 0. The van der Waals surface area contributed by atoms with Crippen molar-refractivity contribution >= 4 is 17.7 Å². The van der Waals surface area contributed by atoms with Gasteiger partial charge in [0.15, 0.2) is 0 Å². The highest BCUT2D eigenvalue weighted by Gasteiger charge is 2.08. The second-order valence-electron chi connectivity index (χ2n) is 3.23. The zero-order valence-corrected chi connectivity index (χ0v) is 8.78. The summed E-state index contributed by atoms with van der Waals surface area (Å²) in [6.07, 6.45) is 0. The molecule has 2 amide bonds. The fourth-order valence-corrected chi connectivity index (χ4v) is 0.990. The Balaban J connectivity index is 2.55. The predicted octanol–water partition coefficient (Wildman–Crippen LogP) is 1.71. The summed E-state index contributed by atoms with van der Waals surface area (Å²) in [4.78, 5) is 21.7. The molecule has 1 aromatic rings. The quantitative estimate of drug-likeness (QED) is 0.678. The number of carbonyl (C=O) groups excluding carboxylic acids is 1. The lowest BCUT2D eigenvalue weighted by atomic mass is 10.2. The second kappa shape index (κ2) is 4.97. The molecule has 0 aliphatic rings. The molecular weight excluding hydrogens is 208 g/mol. The van der Waals surface area contributed by atoms with Crippen LogP contribution < -0.4 is 10.6 Å². The highest BCUT2D eigenvalue weighted by molar-refractivity contribution is 5.96. The Bertz CT molecular complexity index is 423. The van der Waals surface area contributed by atoms with E-state index in [1.165, 1.54) is 0 Å². The minimum Gasteiger partial charge on any atom is -0.477 e. The first kappa shape index (κ1) is 11.8. The van der Waals surface area contributed by atoms with E-state index in [4.69, 9.17) is 5.11 Å². The molecule has 0 heterocycles. The summed E-state index contributed by atoms with van der Waals surface area (Å²) in [6, 6.07) is 6.48. The van der Waals surface area contributed by atoms with E-state index in [0.717, 1.165) is 5.56 Å². The molecule has 0 atom stereocenters. The number of benzene rings is 1. The van der Waals surface area contributed by atoms with Gasteiger partial charge in [-0.15, -0.1) is 0 Å². The predicted molar refractivity (Wildman–Crippen MR) is 60.1 cm³/mol. The van der Waals surface area contributed by atoms with Gasteiger partial charge < -0.3 is 15.7 Å². The molecule has 0 radical (unpaired) electrons. The number of carboxylic acid groups (broad SMARTS) is 1. The molecule has 1 aromatic carbocycles. The van der Waals surface area contributed by atoms with Crippen LogP contribution in [-0.2, 0) is 4.79 Å². The highest BCUT2D eigenvalue weighted by atomic mass is 16.4. The fraction of sp³-hybridized carbons (Fsp3) is 0.0909. The van der Waals surface area contributed by atoms with Gasteiger partial charge in [-0.3, -0.25) is 0 Å². The van der Waals surface area contributed by atoms with E-state index in [9.17, 15) is 9.59 Å². The van der Waals surface area contributed by atoms with Crippen molar-refractivity contribution in [1.29, 1.82) is 0 Å². The Morgan fingerprint density at radius 2 is 1.81 bits per heavy atom. The van der Waals surface area contributed by atoms with Crippen molar-refractivity contribution in [3.63, 3.8) is 0 Å². The molecule has 0 saturated heterocycles. The van der Waals surface area contributed by atoms with Crippen LogP contribution in [0.1, 0.15) is 5.56 Å². The molecule has 0 aliphatic heterocycles. The molecule has 5 nitrogen and oxygen atoms in total. The van der Waals surface area contributed by atoms with Crippen molar-refractivity contribution in [2.24, 2.45) is 0 Å². The third-order valence-electron chi connectivity index (χ3n) is 1.83. The van der Waals surface area contributed by atoms with Crippen LogP contribution in [0.15, 0.2) is 36.5 Å². The minimum absolute atomic E-state index is 0.371. The molecule has 16 heavy (non-hydrogen) atoms. The Labute approximate surface area is 92.8 Å². The maximum absolute atomic E-state index is 11.3. The van der Waals surface area contributed by atoms with Crippen LogP contribution in [0.2, 0.25) is 0 Å². The van der Waals surface area contributed by atoms with Gasteiger partial charge >= 0.3 is 12.0 Å². The summed E-state index contributed by atoms with van der Waals surface area (Å²) in [6.45, 7) is 5.11. The Morgan fingerprint density at radius 3 is 2.31 bits per heavy atom. The third kappa shape index (κ3) is 3.45. The van der Waals surface area contributed by atoms with Crippen LogP contribution >= 0.6 is 0 Å². The summed E-state index contributed by atoms with van der Waals surface area (Å²) < 4.78 is 0. The number of aryl methyl sites for hydroxylation is 1. The van der Waals surface area contributed by atoms with E-state index >= 15 is 0 Å². The number of anilines is 1. The Morgan fingerprint density at radius 1 is 1.25 bits per heavy atom. The van der Waals surface area contributed by atoms with E-state index in [0.29, 0.717) is 5.69 Å². The smallest absolute Gasteiger partial charge is 0.351 e. The van der Waals surface area contributed by atoms with Gasteiger partial charge in [-0.2, -0.15) is 0 Å². The first-order valence-corrected chi connectivity index (χ1v) is 4.56. The van der Waals surface area contributed by atoms with Gasteiger partial charge in [-0.1, -0.05) is 24.3 Å². The lowest BCUT2D eigenvalue weighted by molar-refractivity contribution is -0.132. The molecule has 5 heteroatoms. The SMILES string of the molecule is C=C(NC(=O)Nc1ccc(C)cc1)C(=O)O. The zero-order chi connectivity index (χ0) is 12.1. The average molecular weight is 220 g/mol. The molecule has 0 spiro atoms. The van der Waals surface area contributed by atoms with Gasteiger partial charge in [-0.05, 0) is 19.1 Å². The maximum Gasteiger partial charge on any atom is 0.351 e. The molecule has 0 aliphatic carbocycles. The number of hydrogen-bond donors (Lipinski definition) is 3. The van der Waals surface area contributed by atoms with Crippen molar-refractivity contribution in [2.75, 3.05) is 5.32 Å². The molecule has 0 aromatic heterocycles. The number of rotatable bonds is 3. The standard InChI is InChI=1S/C11H12N2O3/c1-7-3-5-9(6-4-7)13-11(16)12-8(2)10(14)15/h3-6H,2H2,1H3,(H,14,15)(H2,12,13,16). The zero-order valence-electron chi connectivity index (χ0n) is 8.78. The van der Waals surface area contributed by atoms with Crippen molar-refractivity contribution in [3.8, 4) is 0 Å². The molecule has 84 valence electrons. The lowest BCUT2D eigenvalue weighted by Crippen LogP contribution is -2.30. The molecule has 0 bridgehead atoms. The summed E-state index contributed by atoms with van der Waals surface area (Å²) in [5.41, 5.74) is 1.28. The van der Waals surface area contributed by atoms with Crippen LogP contribution in [0.25, 0.3) is 0 Å². The fourth-order valence-electron chi connectivity index (χ4n) is 0.990. The largest absolute Gasteiger partial charge is 0.477 e. The van der Waals surface area contributed by atoms with Crippen molar-refractivity contribution < 1.29 is 14.7 Å². The Hall–Kier alpha value is -2.30. The number of aliphatic carboxylic acids is 1. The van der Waals surface area contributed by atoms with Crippen LogP contribution in [0.4, 0.5) is 10.5 Å². The monoisotopic (exact) mass is 220 g/mol. The van der Waals surface area contributed by atoms with Crippen molar-refractivity contribution in [2.45, 2.75) is 6.92 Å². The summed E-state index contributed by atoms with van der Waals surface area (Å²) in [5.74, 6) is -1.26. The third-order valence-corrected chi connectivity index (χ3v) is 1.83. The molecule has 0 saturated carbocycles. The average Bonchev–Trinajstić information content (AvgIpc) is 2.21. The van der Waals surface area contributed by atoms with Gasteiger partial charge in [0.2, 0.25) is 0 Å². The number of hydrogen-bond acceptors (Lipinski definition) is 2. The van der Waals surface area contributed by atoms with Crippen LogP contribution in [0.3, 0.4) is 0 Å². The van der Waals surface area contributed by atoms with Crippen LogP contribution in [0.5, 0.6) is 0 Å².